The topological polar surface area (TPSA) is 97.8 Å². The van der Waals surface area contributed by atoms with Crippen molar-refractivity contribution in [3.05, 3.63) is 5.15 Å². The van der Waals surface area contributed by atoms with Crippen molar-refractivity contribution in [2.45, 2.75) is 19.3 Å². The Bertz CT molecular complexity index is 991. The first-order chi connectivity index (χ1) is 17.7. The molecule has 3 aliphatic rings. The number of anilines is 3. The van der Waals surface area contributed by atoms with Crippen molar-refractivity contribution in [2.75, 3.05) is 114 Å². The summed E-state index contributed by atoms with van der Waals surface area (Å²) in [6, 6.07) is 0. The molecule has 0 aromatic carbocycles. The average molecular weight is 519 g/mol. The van der Waals surface area contributed by atoms with Crippen molar-refractivity contribution >= 4 is 40.3 Å². The lowest BCUT2D eigenvalue weighted by atomic mass is 10.1. The van der Waals surface area contributed by atoms with Crippen LogP contribution in [-0.4, -0.2) is 133 Å². The maximum absolute atomic E-state index is 6.59. The molecule has 11 nitrogen and oxygen atoms in total. The zero-order valence-electron chi connectivity index (χ0n) is 21.4. The number of nitrogens with zero attached hydrogens (tertiary/aromatic N) is 8. The fourth-order valence-electron chi connectivity index (χ4n) is 4.95. The fraction of sp³-hybridized carbons (Fsp3) is 0.750. The van der Waals surface area contributed by atoms with Gasteiger partial charge in [0.1, 0.15) is 0 Å². The van der Waals surface area contributed by atoms with E-state index in [4.69, 9.17) is 31.3 Å². The summed E-state index contributed by atoms with van der Waals surface area (Å²) in [5.41, 5.74) is 1.19. The van der Waals surface area contributed by atoms with Crippen LogP contribution in [0.3, 0.4) is 0 Å². The standard InChI is InChI=1S/C24H39ClN10O/c1-32-11-13-33(14-12-32)9-6-27-23-20(25)28-19-21(26-5-10-34-15-17-36-18-16-34)30-24(31-22(19)29-23)35-7-3-2-4-8-35/h2-18H2,1H3,(H2,26,27,29,30,31). The van der Waals surface area contributed by atoms with Gasteiger partial charge in [0.25, 0.3) is 0 Å². The average Bonchev–Trinajstić information content (AvgIpc) is 2.91. The second kappa shape index (κ2) is 12.5. The highest BCUT2D eigenvalue weighted by molar-refractivity contribution is 6.32. The number of aromatic nitrogens is 4. The molecule has 0 spiro atoms. The molecule has 0 bridgehead atoms. The minimum absolute atomic E-state index is 0.353. The summed E-state index contributed by atoms with van der Waals surface area (Å²) in [4.78, 5) is 28.7. The van der Waals surface area contributed by atoms with Crippen LogP contribution < -0.4 is 15.5 Å². The zero-order chi connectivity index (χ0) is 24.7. The third-order valence-corrected chi connectivity index (χ3v) is 7.52. The number of piperazine rings is 1. The van der Waals surface area contributed by atoms with E-state index in [-0.39, 0.29) is 0 Å². The Balaban J connectivity index is 1.31. The van der Waals surface area contributed by atoms with Gasteiger partial charge in [0, 0.05) is 78.5 Å². The lowest BCUT2D eigenvalue weighted by Crippen LogP contribution is -2.45. The number of likely N-dealkylation sites (N-methyl/N-ethyl adjacent to an activating group) is 1. The molecule has 3 aliphatic heterocycles. The van der Waals surface area contributed by atoms with E-state index in [1.54, 1.807) is 0 Å². The van der Waals surface area contributed by atoms with Crippen LogP contribution in [0, 0.1) is 0 Å². The maximum atomic E-state index is 6.59. The van der Waals surface area contributed by atoms with Crippen LogP contribution >= 0.6 is 11.6 Å². The van der Waals surface area contributed by atoms with Gasteiger partial charge in [-0.2, -0.15) is 9.97 Å². The van der Waals surface area contributed by atoms with Gasteiger partial charge in [-0.15, -0.1) is 0 Å². The molecular weight excluding hydrogens is 480 g/mol. The Kier molecular flexibility index (Phi) is 8.86. The minimum atomic E-state index is 0.353. The van der Waals surface area contributed by atoms with E-state index in [1.165, 1.54) is 6.42 Å². The van der Waals surface area contributed by atoms with E-state index < -0.39 is 0 Å². The van der Waals surface area contributed by atoms with Gasteiger partial charge in [-0.25, -0.2) is 9.97 Å². The Morgan fingerprint density at radius 3 is 2.14 bits per heavy atom. The highest BCUT2D eigenvalue weighted by atomic mass is 35.5. The van der Waals surface area contributed by atoms with Crippen LogP contribution in [0.1, 0.15) is 19.3 Å². The highest BCUT2D eigenvalue weighted by Gasteiger charge is 2.20. The smallest absolute Gasteiger partial charge is 0.229 e. The van der Waals surface area contributed by atoms with Crippen molar-refractivity contribution in [3.8, 4) is 0 Å². The molecule has 36 heavy (non-hydrogen) atoms. The quantitative estimate of drug-likeness (QED) is 0.505. The van der Waals surface area contributed by atoms with Crippen LogP contribution in [0.15, 0.2) is 0 Å². The predicted molar refractivity (Wildman–Crippen MR) is 144 cm³/mol. The number of fused-ring (bicyclic) bond motifs is 1. The number of ether oxygens (including phenoxy) is 1. The number of halogens is 1. The Hall–Kier alpha value is -2.05. The Labute approximate surface area is 218 Å². The Morgan fingerprint density at radius 2 is 1.42 bits per heavy atom. The van der Waals surface area contributed by atoms with E-state index in [0.717, 1.165) is 111 Å². The third kappa shape index (κ3) is 6.63. The Morgan fingerprint density at radius 1 is 0.750 bits per heavy atom. The van der Waals surface area contributed by atoms with Crippen LogP contribution in [0.2, 0.25) is 5.15 Å². The number of nitrogens with one attached hydrogen (secondary N) is 2. The molecule has 0 amide bonds. The summed E-state index contributed by atoms with van der Waals surface area (Å²) in [6.07, 6.45) is 3.57. The molecule has 0 unspecified atom stereocenters. The second-order valence-electron chi connectivity index (χ2n) is 9.91. The first-order valence-corrected chi connectivity index (χ1v) is 13.7. The largest absolute Gasteiger partial charge is 0.379 e. The van der Waals surface area contributed by atoms with Crippen molar-refractivity contribution in [2.24, 2.45) is 0 Å². The van der Waals surface area contributed by atoms with Gasteiger partial charge in [-0.05, 0) is 26.3 Å². The molecule has 12 heteroatoms. The lowest BCUT2D eigenvalue weighted by molar-refractivity contribution is 0.0398. The highest BCUT2D eigenvalue weighted by Crippen LogP contribution is 2.27. The van der Waals surface area contributed by atoms with Crippen LogP contribution in [-0.2, 0) is 4.74 Å². The number of hydrogen-bond acceptors (Lipinski definition) is 11. The molecule has 2 N–H and O–H groups in total. The summed E-state index contributed by atoms with van der Waals surface area (Å²) in [5, 5.41) is 7.25. The molecule has 0 radical (unpaired) electrons. The molecule has 2 aromatic rings. The molecule has 3 saturated heterocycles. The van der Waals surface area contributed by atoms with Crippen molar-refractivity contribution < 1.29 is 4.74 Å². The predicted octanol–water partition coefficient (Wildman–Crippen LogP) is 1.47. The first kappa shape index (κ1) is 25.6. The van der Waals surface area contributed by atoms with E-state index in [1.807, 2.05) is 0 Å². The van der Waals surface area contributed by atoms with Gasteiger partial charge >= 0.3 is 0 Å². The minimum Gasteiger partial charge on any atom is -0.379 e. The molecule has 198 valence electrons. The third-order valence-electron chi connectivity index (χ3n) is 7.26. The van der Waals surface area contributed by atoms with E-state index in [0.29, 0.717) is 28.0 Å². The monoisotopic (exact) mass is 518 g/mol. The van der Waals surface area contributed by atoms with Crippen molar-refractivity contribution in [1.29, 1.82) is 0 Å². The fourth-order valence-corrected chi connectivity index (χ4v) is 5.14. The van der Waals surface area contributed by atoms with Crippen LogP contribution in [0.4, 0.5) is 17.6 Å². The molecule has 3 fully saturated rings. The van der Waals surface area contributed by atoms with Gasteiger partial charge in [0.05, 0.1) is 13.2 Å². The molecular formula is C24H39ClN10O. The first-order valence-electron chi connectivity index (χ1n) is 13.3. The molecule has 5 rings (SSSR count). The van der Waals surface area contributed by atoms with Gasteiger partial charge in [0.15, 0.2) is 28.0 Å². The molecule has 0 saturated carbocycles. The van der Waals surface area contributed by atoms with Gasteiger partial charge in [-0.3, -0.25) is 9.80 Å². The number of hydrogen-bond donors (Lipinski definition) is 2. The van der Waals surface area contributed by atoms with Crippen LogP contribution in [0.5, 0.6) is 0 Å². The molecule has 5 heterocycles. The van der Waals surface area contributed by atoms with Gasteiger partial charge < -0.3 is 25.2 Å². The van der Waals surface area contributed by atoms with E-state index >= 15 is 0 Å². The summed E-state index contributed by atoms with van der Waals surface area (Å²) in [6.45, 7) is 13.2. The lowest BCUT2D eigenvalue weighted by Gasteiger charge is -2.32. The van der Waals surface area contributed by atoms with E-state index in [9.17, 15) is 0 Å². The van der Waals surface area contributed by atoms with Crippen molar-refractivity contribution in [3.63, 3.8) is 0 Å². The SMILES string of the molecule is CN1CCN(CCNc2nc3nc(N4CCCCC4)nc(NCCN4CCOCC4)c3nc2Cl)CC1. The maximum Gasteiger partial charge on any atom is 0.229 e. The molecule has 2 aromatic heterocycles. The second-order valence-corrected chi connectivity index (χ2v) is 10.3. The molecule has 0 atom stereocenters. The number of rotatable bonds is 9. The summed E-state index contributed by atoms with van der Waals surface area (Å²) in [7, 11) is 2.17. The molecule has 0 aliphatic carbocycles. The summed E-state index contributed by atoms with van der Waals surface area (Å²) >= 11 is 6.59. The van der Waals surface area contributed by atoms with Gasteiger partial charge in [-0.1, -0.05) is 11.6 Å². The van der Waals surface area contributed by atoms with Crippen LogP contribution in [0.25, 0.3) is 11.2 Å². The van der Waals surface area contributed by atoms with Gasteiger partial charge in [0.2, 0.25) is 5.95 Å². The zero-order valence-corrected chi connectivity index (χ0v) is 22.1. The summed E-state index contributed by atoms with van der Waals surface area (Å²) in [5.74, 6) is 2.00. The number of piperidine rings is 1. The van der Waals surface area contributed by atoms with E-state index in [2.05, 4.69) is 42.3 Å². The number of morpholine rings is 1. The summed E-state index contributed by atoms with van der Waals surface area (Å²) < 4.78 is 5.46. The normalized spacial score (nSPS) is 20.7. The van der Waals surface area contributed by atoms with Crippen molar-refractivity contribution in [1.82, 2.24) is 34.6 Å².